The molecular formula is C10H9N3O2. The monoisotopic (exact) mass is 203 g/mol. The van der Waals surface area contributed by atoms with Crippen molar-refractivity contribution in [3.63, 3.8) is 0 Å². The second-order valence-electron chi connectivity index (χ2n) is 3.81. The number of aromatic nitrogens is 3. The third-order valence-corrected chi connectivity index (χ3v) is 2.80. The lowest BCUT2D eigenvalue weighted by Gasteiger charge is -1.98. The molecule has 5 nitrogen and oxygen atoms in total. The Labute approximate surface area is 85.4 Å². The summed E-state index contributed by atoms with van der Waals surface area (Å²) in [4.78, 5) is 14.9. The van der Waals surface area contributed by atoms with Gasteiger partial charge in [0.05, 0.1) is 12.1 Å². The predicted molar refractivity (Wildman–Crippen MR) is 51.5 cm³/mol. The average molecular weight is 203 g/mol. The van der Waals surface area contributed by atoms with Crippen molar-refractivity contribution < 1.29 is 9.90 Å². The minimum Gasteiger partial charge on any atom is -0.481 e. The normalized spacial score (nSPS) is 24.3. The average Bonchev–Trinajstić information content (AvgIpc) is 2.89. The van der Waals surface area contributed by atoms with Crippen LogP contribution in [0.1, 0.15) is 17.9 Å². The molecule has 2 heterocycles. The molecule has 2 aromatic rings. The van der Waals surface area contributed by atoms with E-state index in [0.29, 0.717) is 6.42 Å². The van der Waals surface area contributed by atoms with Gasteiger partial charge in [0, 0.05) is 24.4 Å². The second kappa shape index (κ2) is 2.79. The van der Waals surface area contributed by atoms with Gasteiger partial charge in [0.1, 0.15) is 0 Å². The van der Waals surface area contributed by atoms with Gasteiger partial charge in [0.25, 0.3) is 0 Å². The topological polar surface area (TPSA) is 67.5 Å². The highest BCUT2D eigenvalue weighted by Gasteiger charge is 2.44. The van der Waals surface area contributed by atoms with Crippen LogP contribution in [0.4, 0.5) is 0 Å². The van der Waals surface area contributed by atoms with Gasteiger partial charge in [0.15, 0.2) is 5.65 Å². The number of rotatable bonds is 2. The molecule has 0 saturated heterocycles. The summed E-state index contributed by atoms with van der Waals surface area (Å²) in [7, 11) is 0. The largest absolute Gasteiger partial charge is 0.481 e. The first kappa shape index (κ1) is 8.40. The van der Waals surface area contributed by atoms with Crippen LogP contribution in [0.3, 0.4) is 0 Å². The standard InChI is InChI=1S/C10H9N3O2/c14-10(15)8-3-7(8)6-4-11-9-1-2-12-13(9)5-6/h1-2,4-5,7-8H,3H2,(H,14,15)/t7-,8+/m0/s1. The Morgan fingerprint density at radius 1 is 1.60 bits per heavy atom. The minimum absolute atomic E-state index is 0.114. The van der Waals surface area contributed by atoms with E-state index in [9.17, 15) is 4.79 Å². The molecule has 1 N–H and O–H groups in total. The van der Waals surface area contributed by atoms with Crippen LogP contribution in [-0.4, -0.2) is 25.7 Å². The maximum absolute atomic E-state index is 10.7. The van der Waals surface area contributed by atoms with Crippen LogP contribution < -0.4 is 0 Å². The first-order valence-electron chi connectivity index (χ1n) is 4.78. The molecule has 0 spiro atoms. The molecule has 1 aliphatic rings. The molecule has 1 saturated carbocycles. The Hall–Kier alpha value is -1.91. The van der Waals surface area contributed by atoms with Crippen LogP contribution in [0.5, 0.6) is 0 Å². The molecule has 0 aliphatic heterocycles. The van der Waals surface area contributed by atoms with E-state index in [0.717, 1.165) is 11.2 Å². The van der Waals surface area contributed by atoms with Crippen molar-refractivity contribution in [2.24, 2.45) is 5.92 Å². The van der Waals surface area contributed by atoms with Crippen molar-refractivity contribution >= 4 is 11.6 Å². The van der Waals surface area contributed by atoms with Gasteiger partial charge in [-0.15, -0.1) is 0 Å². The molecule has 2 atom stereocenters. The zero-order valence-corrected chi connectivity index (χ0v) is 7.87. The first-order valence-corrected chi connectivity index (χ1v) is 4.78. The number of aliphatic carboxylic acids is 1. The third-order valence-electron chi connectivity index (χ3n) is 2.80. The SMILES string of the molecule is O=C(O)[C@@H]1C[C@H]1c1cnc2ccnn2c1. The van der Waals surface area contributed by atoms with E-state index < -0.39 is 5.97 Å². The van der Waals surface area contributed by atoms with Crippen molar-refractivity contribution in [2.45, 2.75) is 12.3 Å². The highest BCUT2D eigenvalue weighted by Crippen LogP contribution is 2.47. The van der Waals surface area contributed by atoms with E-state index in [1.54, 1.807) is 16.9 Å². The van der Waals surface area contributed by atoms with Crippen LogP contribution in [0.2, 0.25) is 0 Å². The number of hydrogen-bond donors (Lipinski definition) is 1. The number of hydrogen-bond acceptors (Lipinski definition) is 3. The van der Waals surface area contributed by atoms with Gasteiger partial charge in [0.2, 0.25) is 0 Å². The Morgan fingerprint density at radius 3 is 3.20 bits per heavy atom. The van der Waals surface area contributed by atoms with E-state index in [-0.39, 0.29) is 11.8 Å². The smallest absolute Gasteiger partial charge is 0.307 e. The van der Waals surface area contributed by atoms with Crippen LogP contribution in [-0.2, 0) is 4.79 Å². The Kier molecular flexibility index (Phi) is 1.56. The number of carboxylic acid groups (broad SMARTS) is 1. The summed E-state index contributed by atoms with van der Waals surface area (Å²) in [6.07, 6.45) is 5.98. The fourth-order valence-corrected chi connectivity index (χ4v) is 1.85. The minimum atomic E-state index is -0.722. The van der Waals surface area contributed by atoms with Crippen molar-refractivity contribution in [3.05, 3.63) is 30.2 Å². The Morgan fingerprint density at radius 2 is 2.47 bits per heavy atom. The molecule has 1 fully saturated rings. The highest BCUT2D eigenvalue weighted by molar-refractivity contribution is 5.75. The van der Waals surface area contributed by atoms with E-state index in [1.165, 1.54) is 0 Å². The van der Waals surface area contributed by atoms with Crippen molar-refractivity contribution in [1.82, 2.24) is 14.6 Å². The maximum Gasteiger partial charge on any atom is 0.307 e. The molecule has 0 aromatic carbocycles. The molecule has 2 aromatic heterocycles. The zero-order valence-electron chi connectivity index (χ0n) is 7.87. The summed E-state index contributed by atoms with van der Waals surface area (Å²) in [5.41, 5.74) is 1.74. The maximum atomic E-state index is 10.7. The van der Waals surface area contributed by atoms with Crippen LogP contribution in [0, 0.1) is 5.92 Å². The van der Waals surface area contributed by atoms with Gasteiger partial charge in [-0.25, -0.2) is 9.50 Å². The van der Waals surface area contributed by atoms with E-state index in [1.807, 2.05) is 12.3 Å². The zero-order chi connectivity index (χ0) is 10.4. The molecule has 76 valence electrons. The fraction of sp³-hybridized carbons (Fsp3) is 0.300. The summed E-state index contributed by atoms with van der Waals surface area (Å²) in [6.45, 7) is 0. The second-order valence-corrected chi connectivity index (χ2v) is 3.81. The highest BCUT2D eigenvalue weighted by atomic mass is 16.4. The van der Waals surface area contributed by atoms with Gasteiger partial charge in [-0.3, -0.25) is 4.79 Å². The molecule has 5 heteroatoms. The number of carboxylic acids is 1. The van der Waals surface area contributed by atoms with Gasteiger partial charge < -0.3 is 5.11 Å². The summed E-state index contributed by atoms with van der Waals surface area (Å²) < 4.78 is 1.67. The van der Waals surface area contributed by atoms with Crippen LogP contribution >= 0.6 is 0 Å². The van der Waals surface area contributed by atoms with Gasteiger partial charge >= 0.3 is 5.97 Å². The van der Waals surface area contributed by atoms with E-state index >= 15 is 0 Å². The van der Waals surface area contributed by atoms with Gasteiger partial charge in [-0.1, -0.05) is 0 Å². The Bertz CT molecular complexity index is 534. The molecule has 0 amide bonds. The lowest BCUT2D eigenvalue weighted by molar-refractivity contribution is -0.138. The molecule has 15 heavy (non-hydrogen) atoms. The number of fused-ring (bicyclic) bond motifs is 1. The predicted octanol–water partition coefficient (Wildman–Crippen LogP) is 0.917. The summed E-state index contributed by atoms with van der Waals surface area (Å²) in [5, 5.41) is 12.9. The van der Waals surface area contributed by atoms with E-state index in [4.69, 9.17) is 5.11 Å². The van der Waals surface area contributed by atoms with Crippen molar-refractivity contribution in [1.29, 1.82) is 0 Å². The number of carbonyl (C=O) groups is 1. The quantitative estimate of drug-likeness (QED) is 0.788. The molecular weight excluding hydrogens is 194 g/mol. The van der Waals surface area contributed by atoms with Crippen LogP contribution in [0.25, 0.3) is 5.65 Å². The van der Waals surface area contributed by atoms with Gasteiger partial charge in [-0.2, -0.15) is 5.10 Å². The third kappa shape index (κ3) is 1.27. The first-order chi connectivity index (χ1) is 7.25. The summed E-state index contributed by atoms with van der Waals surface area (Å²) >= 11 is 0. The van der Waals surface area contributed by atoms with Crippen molar-refractivity contribution in [2.75, 3.05) is 0 Å². The molecule has 0 unspecified atom stereocenters. The summed E-state index contributed by atoms with van der Waals surface area (Å²) in [6, 6.07) is 1.81. The fourth-order valence-electron chi connectivity index (χ4n) is 1.85. The lowest BCUT2D eigenvalue weighted by atomic mass is 10.2. The van der Waals surface area contributed by atoms with Crippen molar-refractivity contribution in [3.8, 4) is 0 Å². The summed E-state index contributed by atoms with van der Waals surface area (Å²) in [5.74, 6) is -0.844. The molecule has 0 radical (unpaired) electrons. The van der Waals surface area contributed by atoms with Crippen LogP contribution in [0.15, 0.2) is 24.7 Å². The molecule has 1 aliphatic carbocycles. The molecule has 0 bridgehead atoms. The number of nitrogens with zero attached hydrogens (tertiary/aromatic N) is 3. The molecule has 3 rings (SSSR count). The Balaban J connectivity index is 1.96. The lowest BCUT2D eigenvalue weighted by Crippen LogP contribution is -2.00. The van der Waals surface area contributed by atoms with E-state index in [2.05, 4.69) is 10.1 Å². The van der Waals surface area contributed by atoms with Gasteiger partial charge in [-0.05, 0) is 12.0 Å².